The third-order valence-electron chi connectivity index (χ3n) is 2.39. The number of nitriles is 1. The molecule has 1 rings (SSSR count). The van der Waals surface area contributed by atoms with Crippen LogP contribution in [-0.2, 0) is 0 Å². The second-order valence-corrected chi connectivity index (χ2v) is 3.90. The van der Waals surface area contributed by atoms with Crippen LogP contribution in [0.4, 0.5) is 5.69 Å². The fraction of sp³-hybridized carbons (Fsp3) is 0.417. The maximum atomic E-state index is 10.7. The van der Waals surface area contributed by atoms with Gasteiger partial charge >= 0.3 is 5.97 Å². The molecule has 5 nitrogen and oxygen atoms in total. The van der Waals surface area contributed by atoms with E-state index in [2.05, 4.69) is 11.1 Å². The van der Waals surface area contributed by atoms with E-state index in [9.17, 15) is 4.79 Å². The van der Waals surface area contributed by atoms with Gasteiger partial charge in [0.25, 0.3) is 0 Å². The van der Waals surface area contributed by atoms with E-state index in [1.54, 1.807) is 6.07 Å². The van der Waals surface area contributed by atoms with E-state index >= 15 is 0 Å². The third kappa shape index (κ3) is 3.45. The molecular weight excluding hydrogens is 218 g/mol. The van der Waals surface area contributed by atoms with Crippen LogP contribution >= 0.6 is 0 Å². The topological polar surface area (TPSA) is 77.2 Å². The molecule has 90 valence electrons. The Bertz CT molecular complexity index is 420. The second-order valence-electron chi connectivity index (χ2n) is 3.90. The zero-order valence-corrected chi connectivity index (χ0v) is 9.92. The standard InChI is InChI=1S/C12H15N3O2/c1-9(2)15(7-3-6-13)10-4-5-11(12(16)17)14-8-10/h4-5,8-9H,3,7H2,1-2H3,(H,16,17). The lowest BCUT2D eigenvalue weighted by molar-refractivity contribution is 0.0690. The van der Waals surface area contributed by atoms with Crippen LogP contribution in [0.3, 0.4) is 0 Å². The molecule has 1 N–H and O–H groups in total. The van der Waals surface area contributed by atoms with Crippen LogP contribution in [0.1, 0.15) is 30.8 Å². The first kappa shape index (κ1) is 13.0. The first-order valence-corrected chi connectivity index (χ1v) is 5.39. The number of carboxylic acids is 1. The van der Waals surface area contributed by atoms with Crippen molar-refractivity contribution in [3.63, 3.8) is 0 Å². The molecule has 0 aliphatic carbocycles. The number of anilines is 1. The SMILES string of the molecule is CC(C)N(CCC#N)c1ccc(C(=O)O)nc1. The highest BCUT2D eigenvalue weighted by Gasteiger charge is 2.11. The van der Waals surface area contributed by atoms with Gasteiger partial charge in [-0.1, -0.05) is 0 Å². The lowest BCUT2D eigenvalue weighted by atomic mass is 10.2. The van der Waals surface area contributed by atoms with Crippen LogP contribution in [0.5, 0.6) is 0 Å². The van der Waals surface area contributed by atoms with E-state index in [-0.39, 0.29) is 11.7 Å². The minimum Gasteiger partial charge on any atom is -0.477 e. The van der Waals surface area contributed by atoms with Crippen molar-refractivity contribution >= 4 is 11.7 Å². The van der Waals surface area contributed by atoms with E-state index in [0.29, 0.717) is 13.0 Å². The summed E-state index contributed by atoms with van der Waals surface area (Å²) in [6.07, 6.45) is 1.96. The van der Waals surface area contributed by atoms with Crippen molar-refractivity contribution in [1.29, 1.82) is 5.26 Å². The molecule has 1 aromatic heterocycles. The highest BCUT2D eigenvalue weighted by molar-refractivity contribution is 5.85. The van der Waals surface area contributed by atoms with Crippen molar-refractivity contribution in [3.05, 3.63) is 24.0 Å². The van der Waals surface area contributed by atoms with Gasteiger partial charge < -0.3 is 10.0 Å². The number of rotatable bonds is 5. The maximum absolute atomic E-state index is 10.7. The molecule has 0 fully saturated rings. The molecule has 0 bridgehead atoms. The molecule has 0 aliphatic heterocycles. The Balaban J connectivity index is 2.88. The molecule has 1 heterocycles. The van der Waals surface area contributed by atoms with Gasteiger partial charge in [-0.15, -0.1) is 0 Å². The van der Waals surface area contributed by atoms with Gasteiger partial charge in [0.15, 0.2) is 0 Å². The van der Waals surface area contributed by atoms with Crippen LogP contribution in [0.15, 0.2) is 18.3 Å². The first-order valence-electron chi connectivity index (χ1n) is 5.39. The Labute approximate surface area is 100 Å². The summed E-state index contributed by atoms with van der Waals surface area (Å²) in [6, 6.07) is 5.52. The number of pyridine rings is 1. The third-order valence-corrected chi connectivity index (χ3v) is 2.39. The number of carbonyl (C=O) groups is 1. The summed E-state index contributed by atoms with van der Waals surface area (Å²) in [5, 5.41) is 17.3. The van der Waals surface area contributed by atoms with Crippen LogP contribution in [0.2, 0.25) is 0 Å². The van der Waals surface area contributed by atoms with Crippen molar-refractivity contribution < 1.29 is 9.90 Å². The van der Waals surface area contributed by atoms with E-state index in [0.717, 1.165) is 5.69 Å². The van der Waals surface area contributed by atoms with Gasteiger partial charge in [0.05, 0.1) is 24.4 Å². The smallest absolute Gasteiger partial charge is 0.354 e. The predicted octanol–water partition coefficient (Wildman–Crippen LogP) is 1.91. The summed E-state index contributed by atoms with van der Waals surface area (Å²) in [7, 11) is 0. The molecule has 0 radical (unpaired) electrons. The highest BCUT2D eigenvalue weighted by atomic mass is 16.4. The highest BCUT2D eigenvalue weighted by Crippen LogP contribution is 2.16. The molecule has 0 atom stereocenters. The molecule has 0 saturated carbocycles. The fourth-order valence-electron chi connectivity index (χ4n) is 1.54. The summed E-state index contributed by atoms with van der Waals surface area (Å²) >= 11 is 0. The van der Waals surface area contributed by atoms with Crippen molar-refractivity contribution in [2.45, 2.75) is 26.3 Å². The number of hydrogen-bond acceptors (Lipinski definition) is 4. The maximum Gasteiger partial charge on any atom is 0.354 e. The van der Waals surface area contributed by atoms with Crippen molar-refractivity contribution in [3.8, 4) is 6.07 Å². The molecule has 5 heteroatoms. The van der Waals surface area contributed by atoms with Gasteiger partial charge in [0, 0.05) is 12.6 Å². The summed E-state index contributed by atoms with van der Waals surface area (Å²) in [5.41, 5.74) is 0.859. The van der Waals surface area contributed by atoms with Gasteiger partial charge in [0.1, 0.15) is 5.69 Å². The van der Waals surface area contributed by atoms with E-state index in [1.165, 1.54) is 12.3 Å². The van der Waals surface area contributed by atoms with E-state index in [1.807, 2.05) is 18.7 Å². The van der Waals surface area contributed by atoms with Crippen molar-refractivity contribution in [2.24, 2.45) is 0 Å². The zero-order valence-electron chi connectivity index (χ0n) is 9.92. The minimum absolute atomic E-state index is 0.0257. The van der Waals surface area contributed by atoms with Crippen LogP contribution in [0, 0.1) is 11.3 Å². The predicted molar refractivity (Wildman–Crippen MR) is 63.9 cm³/mol. The van der Waals surface area contributed by atoms with Gasteiger partial charge in [-0.25, -0.2) is 9.78 Å². The average Bonchev–Trinajstić information content (AvgIpc) is 2.29. The summed E-state index contributed by atoms with van der Waals surface area (Å²) < 4.78 is 0. The van der Waals surface area contributed by atoms with Crippen LogP contribution < -0.4 is 4.90 Å². The Morgan fingerprint density at radius 3 is 2.71 bits per heavy atom. The number of aromatic carboxylic acids is 1. The van der Waals surface area contributed by atoms with Gasteiger partial charge in [0.2, 0.25) is 0 Å². The Kier molecular flexibility index (Phi) is 4.46. The largest absolute Gasteiger partial charge is 0.477 e. The molecule has 0 aliphatic rings. The molecule has 0 aromatic carbocycles. The Morgan fingerprint density at radius 1 is 1.59 bits per heavy atom. The van der Waals surface area contributed by atoms with Crippen LogP contribution in [-0.4, -0.2) is 28.6 Å². The Hall–Kier alpha value is -2.09. The van der Waals surface area contributed by atoms with Crippen LogP contribution in [0.25, 0.3) is 0 Å². The molecule has 17 heavy (non-hydrogen) atoms. The molecule has 0 spiro atoms. The quantitative estimate of drug-likeness (QED) is 0.840. The fourth-order valence-corrected chi connectivity index (χ4v) is 1.54. The minimum atomic E-state index is -1.04. The number of aromatic nitrogens is 1. The average molecular weight is 233 g/mol. The molecule has 0 amide bonds. The lowest BCUT2D eigenvalue weighted by Gasteiger charge is -2.27. The van der Waals surface area contributed by atoms with Gasteiger partial charge in [-0.2, -0.15) is 5.26 Å². The van der Waals surface area contributed by atoms with Gasteiger partial charge in [-0.3, -0.25) is 0 Å². The van der Waals surface area contributed by atoms with Crippen molar-refractivity contribution in [1.82, 2.24) is 4.98 Å². The monoisotopic (exact) mass is 233 g/mol. The number of hydrogen-bond donors (Lipinski definition) is 1. The zero-order chi connectivity index (χ0) is 12.8. The van der Waals surface area contributed by atoms with E-state index < -0.39 is 5.97 Å². The normalized spacial score (nSPS) is 10.0. The van der Waals surface area contributed by atoms with E-state index in [4.69, 9.17) is 10.4 Å². The van der Waals surface area contributed by atoms with Gasteiger partial charge in [-0.05, 0) is 26.0 Å². The number of carboxylic acid groups (broad SMARTS) is 1. The summed E-state index contributed by atoms with van der Waals surface area (Å²) in [5.74, 6) is -1.04. The molecular formula is C12H15N3O2. The number of nitrogens with zero attached hydrogens (tertiary/aromatic N) is 3. The molecule has 0 unspecified atom stereocenters. The lowest BCUT2D eigenvalue weighted by Crippen LogP contribution is -2.31. The summed E-state index contributed by atoms with van der Waals surface area (Å²) in [4.78, 5) is 16.6. The first-order chi connectivity index (χ1) is 8.06. The Morgan fingerprint density at radius 2 is 2.29 bits per heavy atom. The summed E-state index contributed by atoms with van der Waals surface area (Å²) in [6.45, 7) is 4.65. The molecule has 1 aromatic rings. The van der Waals surface area contributed by atoms with Crippen molar-refractivity contribution in [2.75, 3.05) is 11.4 Å². The second kappa shape index (κ2) is 5.85. The molecule has 0 saturated heterocycles.